The quantitative estimate of drug-likeness (QED) is 0.437. The molecule has 32 heavy (non-hydrogen) atoms. The van der Waals surface area contributed by atoms with E-state index in [0.717, 1.165) is 35.5 Å². The van der Waals surface area contributed by atoms with Crippen LogP contribution < -0.4 is 10.1 Å². The Labute approximate surface area is 192 Å². The summed E-state index contributed by atoms with van der Waals surface area (Å²) in [5, 5.41) is 3.34. The smallest absolute Gasteiger partial charge is 0.341 e. The van der Waals surface area contributed by atoms with Crippen molar-refractivity contribution in [2.45, 2.75) is 53.0 Å². The van der Waals surface area contributed by atoms with Crippen LogP contribution in [-0.2, 0) is 22.5 Å². The number of fused-ring (bicyclic) bond motifs is 1. The van der Waals surface area contributed by atoms with Crippen molar-refractivity contribution in [3.05, 3.63) is 45.8 Å². The molecule has 1 N–H and O–H groups in total. The third kappa shape index (κ3) is 5.68. The minimum atomic E-state index is -0.451. The Morgan fingerprint density at radius 3 is 2.53 bits per heavy atom. The average molecular weight is 459 g/mol. The van der Waals surface area contributed by atoms with Crippen molar-refractivity contribution in [1.82, 2.24) is 4.90 Å². The van der Waals surface area contributed by atoms with Crippen LogP contribution >= 0.6 is 11.3 Å². The zero-order chi connectivity index (χ0) is 23.1. The Hall–Kier alpha value is -2.87. The molecule has 0 bridgehead atoms. The first-order chi connectivity index (χ1) is 15.4. The maximum Gasteiger partial charge on any atom is 0.341 e. The van der Waals surface area contributed by atoms with Gasteiger partial charge in [0.05, 0.1) is 25.3 Å². The van der Waals surface area contributed by atoms with Gasteiger partial charge in [0.15, 0.2) is 0 Å². The third-order valence-corrected chi connectivity index (χ3v) is 6.47. The normalized spacial score (nSPS) is 12.8. The maximum absolute atomic E-state index is 12.9. The lowest BCUT2D eigenvalue weighted by molar-refractivity contribution is -0.129. The van der Waals surface area contributed by atoms with Gasteiger partial charge in [-0.05, 0) is 49.6 Å². The van der Waals surface area contributed by atoms with Gasteiger partial charge in [-0.1, -0.05) is 19.8 Å². The lowest BCUT2D eigenvalue weighted by Crippen LogP contribution is -2.34. The summed E-state index contributed by atoms with van der Waals surface area (Å²) in [6.45, 7) is 7.30. The molecule has 0 aliphatic carbocycles. The van der Waals surface area contributed by atoms with Crippen LogP contribution in [0.1, 0.15) is 71.2 Å². The lowest BCUT2D eigenvalue weighted by Gasteiger charge is -2.25. The van der Waals surface area contributed by atoms with Crippen molar-refractivity contribution in [3.8, 4) is 5.75 Å². The van der Waals surface area contributed by atoms with Crippen LogP contribution in [0, 0.1) is 0 Å². The number of nitrogens with zero attached hydrogens (tertiary/aromatic N) is 1. The second-order valence-corrected chi connectivity index (χ2v) is 8.76. The number of amides is 2. The van der Waals surface area contributed by atoms with Crippen LogP contribution in [0.5, 0.6) is 5.75 Å². The molecule has 0 saturated carbocycles. The summed E-state index contributed by atoms with van der Waals surface area (Å²) < 4.78 is 10.9. The number of carbonyl (C=O) groups is 3. The van der Waals surface area contributed by atoms with Gasteiger partial charge in [-0.15, -0.1) is 11.3 Å². The molecule has 7 nitrogen and oxygen atoms in total. The van der Waals surface area contributed by atoms with Gasteiger partial charge in [-0.25, -0.2) is 4.79 Å². The summed E-state index contributed by atoms with van der Waals surface area (Å²) in [7, 11) is 0. The number of rotatable bonds is 9. The molecule has 8 heteroatoms. The fraction of sp³-hybridized carbons (Fsp3) is 0.458. The summed E-state index contributed by atoms with van der Waals surface area (Å²) in [6.07, 6.45) is 3.81. The van der Waals surface area contributed by atoms with E-state index in [1.807, 2.05) is 0 Å². The summed E-state index contributed by atoms with van der Waals surface area (Å²) >= 11 is 1.33. The molecule has 1 aliphatic rings. The SMILES string of the molecule is CCCCCOc1ccc(C(=O)Nc2sc3c(c2C(=O)OCC)CCN(C(C)=O)C3)cc1. The van der Waals surface area contributed by atoms with Crippen LogP contribution in [0.3, 0.4) is 0 Å². The molecule has 0 atom stereocenters. The van der Waals surface area contributed by atoms with Crippen LogP contribution in [-0.4, -0.2) is 42.4 Å². The predicted molar refractivity (Wildman–Crippen MR) is 124 cm³/mol. The molecule has 2 amide bonds. The number of benzene rings is 1. The number of nitrogens with one attached hydrogen (secondary N) is 1. The summed E-state index contributed by atoms with van der Waals surface area (Å²) in [5.41, 5.74) is 1.73. The molecule has 1 aromatic carbocycles. The topological polar surface area (TPSA) is 84.9 Å². The van der Waals surface area contributed by atoms with Crippen molar-refractivity contribution in [3.63, 3.8) is 0 Å². The minimum Gasteiger partial charge on any atom is -0.494 e. The standard InChI is InChI=1S/C24H30N2O5S/c1-4-6-7-14-31-18-10-8-17(9-11-18)22(28)25-23-21(24(29)30-5-2)19-12-13-26(16(3)27)15-20(19)32-23/h8-11H,4-7,12-15H2,1-3H3,(H,25,28). The first kappa shape index (κ1) is 23.8. The van der Waals surface area contributed by atoms with Crippen LogP contribution in [0.2, 0.25) is 0 Å². The summed E-state index contributed by atoms with van der Waals surface area (Å²) in [5.74, 6) is -0.0485. The van der Waals surface area contributed by atoms with Crippen molar-refractivity contribution in [1.29, 1.82) is 0 Å². The summed E-state index contributed by atoms with van der Waals surface area (Å²) in [4.78, 5) is 40.0. The van der Waals surface area contributed by atoms with E-state index >= 15 is 0 Å². The number of unbranched alkanes of at least 4 members (excludes halogenated alkanes) is 2. The molecular formula is C24H30N2O5S. The highest BCUT2D eigenvalue weighted by atomic mass is 32.1. The van der Waals surface area contributed by atoms with Crippen LogP contribution in [0.25, 0.3) is 0 Å². The van der Waals surface area contributed by atoms with Gasteiger partial charge in [0.25, 0.3) is 5.91 Å². The Bertz CT molecular complexity index is 968. The highest BCUT2D eigenvalue weighted by molar-refractivity contribution is 7.17. The minimum absolute atomic E-state index is 0.00989. The fourth-order valence-electron chi connectivity index (χ4n) is 3.60. The van der Waals surface area contributed by atoms with Crippen LogP contribution in [0.15, 0.2) is 24.3 Å². The van der Waals surface area contributed by atoms with E-state index < -0.39 is 5.97 Å². The number of hydrogen-bond acceptors (Lipinski definition) is 6. The third-order valence-electron chi connectivity index (χ3n) is 5.34. The predicted octanol–water partition coefficient (Wildman–Crippen LogP) is 4.65. The Balaban J connectivity index is 1.76. The van der Waals surface area contributed by atoms with E-state index in [-0.39, 0.29) is 18.4 Å². The number of thiophene rings is 1. The monoisotopic (exact) mass is 458 g/mol. The van der Waals surface area contributed by atoms with Gasteiger partial charge in [0, 0.05) is 23.9 Å². The highest BCUT2D eigenvalue weighted by Crippen LogP contribution is 2.38. The zero-order valence-corrected chi connectivity index (χ0v) is 19.7. The fourth-order valence-corrected chi connectivity index (χ4v) is 4.85. The molecule has 2 aromatic rings. The molecule has 1 aliphatic heterocycles. The number of ether oxygens (including phenoxy) is 2. The molecule has 2 heterocycles. The van der Waals surface area contributed by atoms with Gasteiger partial charge < -0.3 is 19.7 Å². The van der Waals surface area contributed by atoms with Gasteiger partial charge in [0.2, 0.25) is 5.91 Å². The van der Waals surface area contributed by atoms with E-state index in [4.69, 9.17) is 9.47 Å². The Kier molecular flexibility index (Phi) is 8.27. The molecule has 0 unspecified atom stereocenters. The first-order valence-electron chi connectivity index (χ1n) is 11.1. The van der Waals surface area contributed by atoms with Gasteiger partial charge in [0.1, 0.15) is 10.8 Å². The van der Waals surface area contributed by atoms with Gasteiger partial charge in [-0.3, -0.25) is 9.59 Å². The summed E-state index contributed by atoms with van der Waals surface area (Å²) in [6, 6.07) is 6.97. The maximum atomic E-state index is 12.9. The van der Waals surface area contributed by atoms with Crippen molar-refractivity contribution in [2.75, 3.05) is 25.1 Å². The largest absolute Gasteiger partial charge is 0.494 e. The zero-order valence-electron chi connectivity index (χ0n) is 18.9. The van der Waals surface area contributed by atoms with E-state index in [0.29, 0.717) is 42.2 Å². The number of esters is 1. The van der Waals surface area contributed by atoms with Crippen LogP contribution in [0.4, 0.5) is 5.00 Å². The second kappa shape index (κ2) is 11.1. The average Bonchev–Trinajstić information content (AvgIpc) is 3.14. The molecule has 0 saturated heterocycles. The lowest BCUT2D eigenvalue weighted by atomic mass is 10.0. The van der Waals surface area contributed by atoms with Crippen molar-refractivity contribution in [2.24, 2.45) is 0 Å². The van der Waals surface area contributed by atoms with Crippen molar-refractivity contribution >= 4 is 34.1 Å². The van der Waals surface area contributed by atoms with E-state index in [1.54, 1.807) is 36.1 Å². The highest BCUT2D eigenvalue weighted by Gasteiger charge is 2.30. The number of anilines is 1. The van der Waals surface area contributed by atoms with Gasteiger partial charge >= 0.3 is 5.97 Å². The molecular weight excluding hydrogens is 428 g/mol. The Morgan fingerprint density at radius 2 is 1.88 bits per heavy atom. The molecule has 3 rings (SSSR count). The second-order valence-electron chi connectivity index (χ2n) is 7.65. The molecule has 1 aromatic heterocycles. The first-order valence-corrected chi connectivity index (χ1v) is 11.9. The van der Waals surface area contributed by atoms with E-state index in [2.05, 4.69) is 12.2 Å². The molecule has 172 valence electrons. The van der Waals surface area contributed by atoms with E-state index in [1.165, 1.54) is 18.3 Å². The van der Waals surface area contributed by atoms with Crippen molar-refractivity contribution < 1.29 is 23.9 Å². The number of carbonyl (C=O) groups excluding carboxylic acids is 3. The molecule has 0 radical (unpaired) electrons. The number of hydrogen-bond donors (Lipinski definition) is 1. The van der Waals surface area contributed by atoms with E-state index in [9.17, 15) is 14.4 Å². The Morgan fingerprint density at radius 1 is 1.12 bits per heavy atom. The van der Waals surface area contributed by atoms with Gasteiger partial charge in [-0.2, -0.15) is 0 Å². The molecule has 0 spiro atoms. The molecule has 0 fully saturated rings.